The normalized spacial score (nSPS) is 14.8. The van der Waals surface area contributed by atoms with E-state index in [9.17, 15) is 4.79 Å². The summed E-state index contributed by atoms with van der Waals surface area (Å²) < 4.78 is 5.79. The van der Waals surface area contributed by atoms with Crippen molar-refractivity contribution < 1.29 is 9.53 Å². The van der Waals surface area contributed by atoms with Gasteiger partial charge in [-0.25, -0.2) is 4.98 Å². The van der Waals surface area contributed by atoms with E-state index in [1.165, 1.54) is 24.8 Å². The average Bonchev–Trinajstić information content (AvgIpc) is 3.22. The summed E-state index contributed by atoms with van der Waals surface area (Å²) in [5, 5.41) is 0. The molecule has 3 aromatic rings. The van der Waals surface area contributed by atoms with Crippen LogP contribution in [0.15, 0.2) is 42.5 Å². The maximum absolute atomic E-state index is 12.9. The third kappa shape index (κ3) is 5.27. The van der Waals surface area contributed by atoms with Crippen molar-refractivity contribution in [3.05, 3.63) is 59.4 Å². The molecule has 0 spiro atoms. The van der Waals surface area contributed by atoms with E-state index in [-0.39, 0.29) is 5.91 Å². The lowest BCUT2D eigenvalue weighted by molar-refractivity contribution is 0.0711. The van der Waals surface area contributed by atoms with Crippen LogP contribution in [0, 0.1) is 6.92 Å². The summed E-state index contributed by atoms with van der Waals surface area (Å²) in [5.41, 5.74) is 4.08. The molecule has 5 heteroatoms. The number of nitrogens with one attached hydrogen (secondary N) is 1. The Bertz CT molecular complexity index is 1000. The number of benzene rings is 2. The summed E-state index contributed by atoms with van der Waals surface area (Å²) in [6.07, 6.45) is 6.63. The predicted molar refractivity (Wildman–Crippen MR) is 125 cm³/mol. The molecule has 0 bridgehead atoms. The number of carbonyl (C=O) groups excluding carboxylic acids is 1. The zero-order valence-corrected chi connectivity index (χ0v) is 18.7. The molecule has 1 aliphatic heterocycles. The third-order valence-corrected chi connectivity index (χ3v) is 6.19. The molecule has 1 fully saturated rings. The van der Waals surface area contributed by atoms with Gasteiger partial charge < -0.3 is 14.6 Å². The molecule has 1 amide bonds. The van der Waals surface area contributed by atoms with Crippen molar-refractivity contribution in [3.8, 4) is 5.75 Å². The van der Waals surface area contributed by atoms with Crippen LogP contribution in [0.3, 0.4) is 0 Å². The number of nitrogens with zero attached hydrogens (tertiary/aromatic N) is 2. The number of rotatable bonds is 8. The Labute approximate surface area is 184 Å². The Morgan fingerprint density at radius 2 is 1.87 bits per heavy atom. The first kappa shape index (κ1) is 21.4. The molecule has 0 unspecified atom stereocenters. The lowest BCUT2D eigenvalue weighted by Crippen LogP contribution is -2.38. The molecule has 4 rings (SSSR count). The number of piperidine rings is 1. The summed E-state index contributed by atoms with van der Waals surface area (Å²) in [4.78, 5) is 23.2. The number of hydrogen-bond donors (Lipinski definition) is 1. The fraction of sp³-hybridized carbons (Fsp3) is 0.462. The van der Waals surface area contributed by atoms with Gasteiger partial charge in [-0.3, -0.25) is 4.79 Å². The summed E-state index contributed by atoms with van der Waals surface area (Å²) in [6, 6.07) is 13.9. The Kier molecular flexibility index (Phi) is 6.90. The highest BCUT2D eigenvalue weighted by atomic mass is 16.5. The maximum atomic E-state index is 12.9. The van der Waals surface area contributed by atoms with Crippen molar-refractivity contribution in [3.63, 3.8) is 0 Å². The lowest BCUT2D eigenvalue weighted by Gasteiger charge is -2.31. The molecule has 1 N–H and O–H groups in total. The highest BCUT2D eigenvalue weighted by molar-refractivity contribution is 5.94. The average molecular weight is 420 g/mol. The van der Waals surface area contributed by atoms with Crippen molar-refractivity contribution in [2.45, 2.75) is 58.3 Å². The number of imidazole rings is 1. The number of likely N-dealkylation sites (tertiary alicyclic amines) is 1. The Balaban J connectivity index is 1.29. The molecule has 0 atom stereocenters. The molecule has 5 nitrogen and oxygen atoms in total. The van der Waals surface area contributed by atoms with Gasteiger partial charge in [0.15, 0.2) is 0 Å². The van der Waals surface area contributed by atoms with Crippen LogP contribution in [0.2, 0.25) is 0 Å². The predicted octanol–water partition coefficient (Wildman–Crippen LogP) is 5.85. The van der Waals surface area contributed by atoms with Gasteiger partial charge in [-0.15, -0.1) is 0 Å². The maximum Gasteiger partial charge on any atom is 0.253 e. The number of aromatic nitrogens is 2. The number of fused-ring (bicyclic) bond motifs is 1. The zero-order chi connectivity index (χ0) is 21.6. The molecule has 164 valence electrons. The standard InChI is InChI=1S/C26H33N3O2/c1-3-4-5-6-17-31-22-10-8-21(9-11-22)26(30)29-15-13-20(14-16-29)25-27-23-12-7-19(2)18-24(23)28-25/h7-12,18,20H,3-6,13-17H2,1-2H3,(H,27,28). The van der Waals surface area contributed by atoms with Gasteiger partial charge in [0, 0.05) is 24.6 Å². The molecular weight excluding hydrogens is 386 g/mol. The molecule has 1 saturated heterocycles. The molecule has 2 heterocycles. The van der Waals surface area contributed by atoms with Gasteiger partial charge >= 0.3 is 0 Å². The summed E-state index contributed by atoms with van der Waals surface area (Å²) >= 11 is 0. The van der Waals surface area contributed by atoms with E-state index in [2.05, 4.69) is 37.0 Å². The number of H-pyrrole nitrogens is 1. The van der Waals surface area contributed by atoms with Gasteiger partial charge in [0.05, 0.1) is 17.6 Å². The van der Waals surface area contributed by atoms with E-state index in [0.29, 0.717) is 5.92 Å². The van der Waals surface area contributed by atoms with Crippen molar-refractivity contribution in [1.82, 2.24) is 14.9 Å². The number of amides is 1. The summed E-state index contributed by atoms with van der Waals surface area (Å²) in [7, 11) is 0. The molecule has 31 heavy (non-hydrogen) atoms. The number of carbonyl (C=O) groups is 1. The SMILES string of the molecule is CCCCCCOc1ccc(C(=O)N2CCC(c3nc4ccc(C)cc4[nH]3)CC2)cc1. The molecule has 2 aromatic carbocycles. The van der Waals surface area contributed by atoms with Crippen LogP contribution in [-0.4, -0.2) is 40.5 Å². The highest BCUT2D eigenvalue weighted by Gasteiger charge is 2.26. The highest BCUT2D eigenvalue weighted by Crippen LogP contribution is 2.29. The number of aryl methyl sites for hydroxylation is 1. The number of unbranched alkanes of at least 4 members (excludes halogenated alkanes) is 3. The van der Waals surface area contributed by atoms with Crippen LogP contribution in [-0.2, 0) is 0 Å². The van der Waals surface area contributed by atoms with E-state index in [1.807, 2.05) is 29.2 Å². The number of hydrogen-bond acceptors (Lipinski definition) is 3. The summed E-state index contributed by atoms with van der Waals surface area (Å²) in [5.74, 6) is 2.37. The van der Waals surface area contributed by atoms with Gasteiger partial charge in [-0.1, -0.05) is 32.3 Å². The lowest BCUT2D eigenvalue weighted by atomic mass is 9.95. The van der Waals surface area contributed by atoms with E-state index < -0.39 is 0 Å². The van der Waals surface area contributed by atoms with Gasteiger partial charge in [-0.2, -0.15) is 0 Å². The minimum atomic E-state index is 0.105. The van der Waals surface area contributed by atoms with E-state index in [0.717, 1.165) is 67.1 Å². The second-order valence-corrected chi connectivity index (χ2v) is 8.64. The van der Waals surface area contributed by atoms with E-state index >= 15 is 0 Å². The fourth-order valence-electron chi connectivity index (χ4n) is 4.29. The molecular formula is C26H33N3O2. The second-order valence-electron chi connectivity index (χ2n) is 8.64. The minimum absolute atomic E-state index is 0.105. The Morgan fingerprint density at radius 3 is 2.61 bits per heavy atom. The van der Waals surface area contributed by atoms with Crippen LogP contribution >= 0.6 is 0 Å². The smallest absolute Gasteiger partial charge is 0.253 e. The van der Waals surface area contributed by atoms with Crippen molar-refractivity contribution in [2.75, 3.05) is 19.7 Å². The van der Waals surface area contributed by atoms with Gasteiger partial charge in [-0.05, 0) is 68.1 Å². The molecule has 0 aliphatic carbocycles. The monoisotopic (exact) mass is 419 g/mol. The van der Waals surface area contributed by atoms with Crippen LogP contribution < -0.4 is 4.74 Å². The number of ether oxygens (including phenoxy) is 1. The molecule has 0 radical (unpaired) electrons. The fourth-order valence-corrected chi connectivity index (χ4v) is 4.29. The van der Waals surface area contributed by atoms with Gasteiger partial charge in [0.25, 0.3) is 5.91 Å². The molecule has 1 aromatic heterocycles. The van der Waals surface area contributed by atoms with E-state index in [4.69, 9.17) is 9.72 Å². The van der Waals surface area contributed by atoms with Crippen LogP contribution in [0.1, 0.15) is 73.1 Å². The third-order valence-electron chi connectivity index (χ3n) is 6.19. The first-order chi connectivity index (χ1) is 15.1. The first-order valence-electron chi connectivity index (χ1n) is 11.6. The van der Waals surface area contributed by atoms with Crippen molar-refractivity contribution in [1.29, 1.82) is 0 Å². The quantitative estimate of drug-likeness (QED) is 0.466. The largest absolute Gasteiger partial charge is 0.494 e. The van der Waals surface area contributed by atoms with E-state index in [1.54, 1.807) is 0 Å². The Morgan fingerprint density at radius 1 is 1.10 bits per heavy atom. The van der Waals surface area contributed by atoms with Gasteiger partial charge in [0.2, 0.25) is 0 Å². The second kappa shape index (κ2) is 9.99. The van der Waals surface area contributed by atoms with Crippen molar-refractivity contribution >= 4 is 16.9 Å². The first-order valence-corrected chi connectivity index (χ1v) is 11.6. The van der Waals surface area contributed by atoms with Gasteiger partial charge in [0.1, 0.15) is 11.6 Å². The molecule has 0 saturated carbocycles. The molecule has 1 aliphatic rings. The van der Waals surface area contributed by atoms with Crippen molar-refractivity contribution in [2.24, 2.45) is 0 Å². The van der Waals surface area contributed by atoms with Crippen LogP contribution in [0.4, 0.5) is 0 Å². The van der Waals surface area contributed by atoms with Crippen LogP contribution in [0.25, 0.3) is 11.0 Å². The summed E-state index contributed by atoms with van der Waals surface area (Å²) in [6.45, 7) is 6.56. The Hall–Kier alpha value is -2.82. The topological polar surface area (TPSA) is 58.2 Å². The number of aromatic amines is 1. The zero-order valence-electron chi connectivity index (χ0n) is 18.7. The minimum Gasteiger partial charge on any atom is -0.494 e. The van der Waals surface area contributed by atoms with Crippen LogP contribution in [0.5, 0.6) is 5.75 Å².